The van der Waals surface area contributed by atoms with Gasteiger partial charge in [-0.2, -0.15) is 0 Å². The van der Waals surface area contributed by atoms with E-state index < -0.39 is 6.29 Å². The van der Waals surface area contributed by atoms with Gasteiger partial charge in [-0.3, -0.25) is 0 Å². The molecule has 0 aromatic carbocycles. The van der Waals surface area contributed by atoms with Crippen molar-refractivity contribution in [2.45, 2.75) is 70.6 Å². The number of aliphatic hydroxyl groups is 1. The van der Waals surface area contributed by atoms with Crippen molar-refractivity contribution in [1.82, 2.24) is 0 Å². The van der Waals surface area contributed by atoms with E-state index in [-0.39, 0.29) is 11.0 Å². The third-order valence-corrected chi connectivity index (χ3v) is 3.16. The summed E-state index contributed by atoms with van der Waals surface area (Å²) in [7, 11) is 0. The average Bonchev–Trinajstić information content (AvgIpc) is 2.16. The van der Waals surface area contributed by atoms with Crippen LogP contribution >= 0.6 is 11.6 Å². The van der Waals surface area contributed by atoms with E-state index in [4.69, 9.17) is 16.3 Å². The predicted molar refractivity (Wildman–Crippen MR) is 60.6 cm³/mol. The van der Waals surface area contributed by atoms with Gasteiger partial charge in [0.25, 0.3) is 0 Å². The Kier molecular flexibility index (Phi) is 6.75. The molecule has 0 bridgehead atoms. The molecule has 2 nitrogen and oxygen atoms in total. The zero-order valence-electron chi connectivity index (χ0n) is 9.72. The van der Waals surface area contributed by atoms with Gasteiger partial charge >= 0.3 is 0 Å². The Morgan fingerprint density at radius 3 is 2.29 bits per heavy atom. The second-order valence-corrected chi connectivity index (χ2v) is 4.55. The summed E-state index contributed by atoms with van der Waals surface area (Å²) in [6.07, 6.45) is 2.77. The molecular formula is C11H23ClO2. The van der Waals surface area contributed by atoms with Crippen molar-refractivity contribution in [3.05, 3.63) is 0 Å². The van der Waals surface area contributed by atoms with Gasteiger partial charge in [0.05, 0.1) is 11.0 Å². The van der Waals surface area contributed by atoms with Crippen LogP contribution in [0.3, 0.4) is 0 Å². The van der Waals surface area contributed by atoms with Crippen molar-refractivity contribution in [3.63, 3.8) is 0 Å². The maximum absolute atomic E-state index is 9.66. The molecule has 0 fully saturated rings. The molecule has 0 saturated carbocycles. The minimum atomic E-state index is -0.849. The molecule has 0 rings (SSSR count). The highest BCUT2D eigenvalue weighted by molar-refractivity contribution is 6.20. The minimum Gasteiger partial charge on any atom is -0.367 e. The van der Waals surface area contributed by atoms with Gasteiger partial charge in [0, 0.05) is 0 Å². The summed E-state index contributed by atoms with van der Waals surface area (Å²) in [6, 6.07) is 0. The van der Waals surface area contributed by atoms with E-state index in [2.05, 4.69) is 13.8 Å². The van der Waals surface area contributed by atoms with E-state index in [1.807, 2.05) is 13.8 Å². The molecule has 0 aromatic heterocycles. The van der Waals surface area contributed by atoms with Gasteiger partial charge in [-0.15, -0.1) is 11.6 Å². The van der Waals surface area contributed by atoms with Crippen LogP contribution in [-0.2, 0) is 4.74 Å². The van der Waals surface area contributed by atoms with Gasteiger partial charge in [-0.05, 0) is 26.2 Å². The number of aliphatic hydroxyl groups excluding tert-OH is 1. The van der Waals surface area contributed by atoms with Crippen LogP contribution in [0.25, 0.3) is 0 Å². The Morgan fingerprint density at radius 2 is 1.93 bits per heavy atom. The van der Waals surface area contributed by atoms with Gasteiger partial charge in [0.2, 0.25) is 0 Å². The van der Waals surface area contributed by atoms with Crippen LogP contribution in [0, 0.1) is 0 Å². The number of hydrogen-bond acceptors (Lipinski definition) is 2. The highest BCUT2D eigenvalue weighted by Gasteiger charge is 2.28. The quantitative estimate of drug-likeness (QED) is 0.529. The molecule has 0 radical (unpaired) electrons. The summed E-state index contributed by atoms with van der Waals surface area (Å²) in [5, 5.41) is 9.35. The summed E-state index contributed by atoms with van der Waals surface area (Å²) >= 11 is 5.90. The summed E-state index contributed by atoms with van der Waals surface area (Å²) in [5.41, 5.74) is -0.240. The molecule has 14 heavy (non-hydrogen) atoms. The van der Waals surface area contributed by atoms with Gasteiger partial charge in [0.1, 0.15) is 0 Å². The standard InChI is InChI=1S/C11H23ClO2/c1-5-8-11(4,7-3)14-10(13)9(12)6-2/h9-10,13H,5-8H2,1-4H3. The number of hydrogen-bond donors (Lipinski definition) is 1. The molecule has 1 N–H and O–H groups in total. The van der Waals surface area contributed by atoms with Gasteiger partial charge in [-0.25, -0.2) is 0 Å². The van der Waals surface area contributed by atoms with Gasteiger partial charge in [0.15, 0.2) is 6.29 Å². The number of alkyl halides is 1. The highest BCUT2D eigenvalue weighted by Crippen LogP contribution is 2.25. The molecule has 3 heteroatoms. The van der Waals surface area contributed by atoms with Crippen LogP contribution in [-0.4, -0.2) is 22.4 Å². The molecule has 0 aliphatic rings. The van der Waals surface area contributed by atoms with E-state index in [9.17, 15) is 5.11 Å². The van der Waals surface area contributed by atoms with E-state index in [1.165, 1.54) is 0 Å². The molecule has 0 amide bonds. The zero-order chi connectivity index (χ0) is 11.2. The molecule has 3 atom stereocenters. The lowest BCUT2D eigenvalue weighted by Crippen LogP contribution is -2.37. The van der Waals surface area contributed by atoms with Gasteiger partial charge in [-0.1, -0.05) is 27.2 Å². The van der Waals surface area contributed by atoms with E-state index in [0.717, 1.165) is 19.3 Å². The predicted octanol–water partition coefficient (Wildman–Crippen LogP) is 3.31. The van der Waals surface area contributed by atoms with Crippen LogP contribution in [0.15, 0.2) is 0 Å². The first kappa shape index (κ1) is 14.2. The molecule has 0 aliphatic heterocycles. The molecule has 0 saturated heterocycles. The highest BCUT2D eigenvalue weighted by atomic mass is 35.5. The maximum Gasteiger partial charge on any atom is 0.171 e. The first-order chi connectivity index (χ1) is 6.49. The molecule has 0 aliphatic carbocycles. The molecule has 0 heterocycles. The van der Waals surface area contributed by atoms with Crippen molar-refractivity contribution in [1.29, 1.82) is 0 Å². The average molecular weight is 223 g/mol. The van der Waals surface area contributed by atoms with Crippen LogP contribution < -0.4 is 0 Å². The van der Waals surface area contributed by atoms with Crippen molar-refractivity contribution in [2.24, 2.45) is 0 Å². The SMILES string of the molecule is CCCC(C)(CC)OC(O)C(Cl)CC. The number of rotatable bonds is 7. The van der Waals surface area contributed by atoms with Crippen LogP contribution in [0.2, 0.25) is 0 Å². The first-order valence-corrected chi connectivity index (χ1v) is 5.92. The Labute approximate surface area is 92.6 Å². The minimum absolute atomic E-state index is 0.240. The van der Waals surface area contributed by atoms with Crippen LogP contribution in [0.1, 0.15) is 53.4 Å². The maximum atomic E-state index is 9.66. The monoisotopic (exact) mass is 222 g/mol. The van der Waals surface area contributed by atoms with Crippen molar-refractivity contribution in [2.75, 3.05) is 0 Å². The number of halogens is 1. The fourth-order valence-corrected chi connectivity index (χ4v) is 1.47. The lowest BCUT2D eigenvalue weighted by atomic mass is 9.97. The van der Waals surface area contributed by atoms with E-state index in [0.29, 0.717) is 6.42 Å². The van der Waals surface area contributed by atoms with Gasteiger partial charge < -0.3 is 9.84 Å². The molecule has 0 spiro atoms. The fraction of sp³-hybridized carbons (Fsp3) is 1.00. The third kappa shape index (κ3) is 4.63. The fourth-order valence-electron chi connectivity index (χ4n) is 1.41. The zero-order valence-corrected chi connectivity index (χ0v) is 10.5. The smallest absolute Gasteiger partial charge is 0.171 e. The second kappa shape index (κ2) is 6.65. The Balaban J connectivity index is 4.15. The summed E-state index contributed by atoms with van der Waals surface area (Å²) < 4.78 is 5.60. The normalized spacial score (nSPS) is 20.1. The molecule has 3 unspecified atom stereocenters. The van der Waals surface area contributed by atoms with E-state index >= 15 is 0 Å². The summed E-state index contributed by atoms with van der Waals surface area (Å²) in [5.74, 6) is 0. The van der Waals surface area contributed by atoms with Crippen LogP contribution in [0.4, 0.5) is 0 Å². The van der Waals surface area contributed by atoms with Crippen molar-refractivity contribution < 1.29 is 9.84 Å². The molecule has 0 aromatic rings. The van der Waals surface area contributed by atoms with Crippen LogP contribution in [0.5, 0.6) is 0 Å². The summed E-state index contributed by atoms with van der Waals surface area (Å²) in [6.45, 7) is 8.14. The Bertz CT molecular complexity index is 152. The lowest BCUT2D eigenvalue weighted by molar-refractivity contribution is -0.183. The molecular weight excluding hydrogens is 200 g/mol. The van der Waals surface area contributed by atoms with E-state index in [1.54, 1.807) is 0 Å². The summed E-state index contributed by atoms with van der Waals surface area (Å²) in [4.78, 5) is 0. The van der Waals surface area contributed by atoms with Crippen molar-refractivity contribution >= 4 is 11.6 Å². The second-order valence-electron chi connectivity index (χ2n) is 3.99. The Hall–Kier alpha value is 0.210. The Morgan fingerprint density at radius 1 is 1.36 bits per heavy atom. The first-order valence-electron chi connectivity index (χ1n) is 5.49. The third-order valence-electron chi connectivity index (χ3n) is 2.63. The van der Waals surface area contributed by atoms with Crippen molar-refractivity contribution in [3.8, 4) is 0 Å². The largest absolute Gasteiger partial charge is 0.367 e. The topological polar surface area (TPSA) is 29.5 Å². The number of ether oxygens (including phenoxy) is 1. The lowest BCUT2D eigenvalue weighted by Gasteiger charge is -2.32. The molecule has 86 valence electrons.